The van der Waals surface area contributed by atoms with E-state index in [4.69, 9.17) is 0 Å². The van der Waals surface area contributed by atoms with Crippen LogP contribution < -0.4 is 5.32 Å². The number of piperidine rings is 1. The number of halogens is 3. The molecule has 2 fully saturated rings. The van der Waals surface area contributed by atoms with Crippen LogP contribution in [0.25, 0.3) is 0 Å². The van der Waals surface area contributed by atoms with Crippen LogP contribution in [0.3, 0.4) is 0 Å². The van der Waals surface area contributed by atoms with Crippen molar-refractivity contribution < 1.29 is 18.0 Å². The molecule has 3 aromatic carbocycles. The predicted molar refractivity (Wildman–Crippen MR) is 139 cm³/mol. The number of nitrogens with one attached hydrogen (secondary N) is 1. The molecule has 4 unspecified atom stereocenters. The van der Waals surface area contributed by atoms with E-state index in [1.54, 1.807) is 0 Å². The van der Waals surface area contributed by atoms with Crippen molar-refractivity contribution >= 4 is 11.7 Å². The van der Waals surface area contributed by atoms with E-state index in [0.29, 0.717) is 24.5 Å². The zero-order chi connectivity index (χ0) is 26.0. The Morgan fingerprint density at radius 3 is 2.24 bits per heavy atom. The van der Waals surface area contributed by atoms with Crippen molar-refractivity contribution in [3.8, 4) is 0 Å². The number of amides is 2. The first kappa shape index (κ1) is 25.3. The number of urea groups is 1. The van der Waals surface area contributed by atoms with E-state index in [-0.39, 0.29) is 17.8 Å². The molecule has 0 spiro atoms. The molecule has 2 aliphatic heterocycles. The number of nitrogens with zero attached hydrogens (tertiary/aromatic N) is 2. The Morgan fingerprint density at radius 1 is 0.919 bits per heavy atom. The lowest BCUT2D eigenvalue weighted by molar-refractivity contribution is -0.137. The van der Waals surface area contributed by atoms with E-state index >= 15 is 0 Å². The fourth-order valence-electron chi connectivity index (χ4n) is 6.02. The maximum atomic E-state index is 13.6. The van der Waals surface area contributed by atoms with Crippen LogP contribution in [-0.2, 0) is 19.3 Å². The second-order valence-corrected chi connectivity index (χ2v) is 10.3. The van der Waals surface area contributed by atoms with Gasteiger partial charge in [0, 0.05) is 36.9 Å². The molecular formula is C30H32F3N3O. The molecule has 1 N–H and O–H groups in total. The molecule has 7 heteroatoms. The van der Waals surface area contributed by atoms with Crippen LogP contribution in [0.4, 0.5) is 23.7 Å². The van der Waals surface area contributed by atoms with Gasteiger partial charge in [-0.3, -0.25) is 4.90 Å². The highest BCUT2D eigenvalue weighted by Gasteiger charge is 2.46. The van der Waals surface area contributed by atoms with Crippen LogP contribution in [0, 0.1) is 5.92 Å². The fraction of sp³-hybridized carbons (Fsp3) is 0.367. The van der Waals surface area contributed by atoms with E-state index in [0.717, 1.165) is 43.5 Å². The second-order valence-electron chi connectivity index (χ2n) is 10.3. The zero-order valence-corrected chi connectivity index (χ0v) is 20.9. The summed E-state index contributed by atoms with van der Waals surface area (Å²) in [5.41, 5.74) is 1.65. The molecule has 0 aromatic heterocycles. The van der Waals surface area contributed by atoms with Crippen molar-refractivity contribution in [2.75, 3.05) is 5.32 Å². The number of alkyl halides is 3. The normalized spacial score (nSPS) is 23.6. The predicted octanol–water partition coefficient (Wildman–Crippen LogP) is 7.18. The summed E-state index contributed by atoms with van der Waals surface area (Å²) in [4.78, 5) is 18.0. The third kappa shape index (κ3) is 5.82. The molecule has 0 aliphatic carbocycles. The number of fused-ring (bicyclic) bond motifs is 2. The SMILES string of the molecule is CC1CC2CC(N(Cc3ccccc3)C(=O)Nc3cccc(C(F)(F)F)c3)CC1N2Cc1ccccc1. The molecule has 0 radical (unpaired) electrons. The molecular weight excluding hydrogens is 475 g/mol. The molecule has 0 saturated carbocycles. The quantitative estimate of drug-likeness (QED) is 0.384. The summed E-state index contributed by atoms with van der Waals surface area (Å²) in [6.45, 7) is 3.58. The summed E-state index contributed by atoms with van der Waals surface area (Å²) in [5, 5.41) is 2.76. The number of hydrogen-bond acceptors (Lipinski definition) is 2. The summed E-state index contributed by atoms with van der Waals surface area (Å²) in [5.74, 6) is 0.517. The maximum absolute atomic E-state index is 13.6. The van der Waals surface area contributed by atoms with Gasteiger partial charge in [-0.05, 0) is 54.5 Å². The van der Waals surface area contributed by atoms with Gasteiger partial charge in [-0.1, -0.05) is 73.7 Å². The smallest absolute Gasteiger partial charge is 0.317 e. The molecule has 2 heterocycles. The molecule has 194 valence electrons. The first-order valence-corrected chi connectivity index (χ1v) is 12.9. The van der Waals surface area contributed by atoms with Gasteiger partial charge < -0.3 is 10.2 Å². The maximum Gasteiger partial charge on any atom is 0.416 e. The van der Waals surface area contributed by atoms with E-state index in [2.05, 4.69) is 41.4 Å². The Labute approximate surface area is 216 Å². The standard InChI is InChI=1S/C30H32F3N3O/c1-21-15-26-17-27(18-28(21)35(26)19-22-9-4-2-5-10-22)36(20-23-11-6-3-7-12-23)29(37)34-25-14-8-13-24(16-25)30(31,32)33/h2-14,16,21,26-28H,15,17-20H2,1H3,(H,34,37). The van der Waals surface area contributed by atoms with Crippen molar-refractivity contribution in [1.82, 2.24) is 9.80 Å². The van der Waals surface area contributed by atoms with Crippen LogP contribution in [0.1, 0.15) is 42.9 Å². The highest BCUT2D eigenvalue weighted by Crippen LogP contribution is 2.42. The highest BCUT2D eigenvalue weighted by atomic mass is 19.4. The Bertz CT molecular complexity index is 1200. The topological polar surface area (TPSA) is 35.6 Å². The molecule has 37 heavy (non-hydrogen) atoms. The highest BCUT2D eigenvalue weighted by molar-refractivity contribution is 5.89. The van der Waals surface area contributed by atoms with Gasteiger partial charge in [-0.25, -0.2) is 4.79 Å². The molecule has 2 amide bonds. The van der Waals surface area contributed by atoms with Gasteiger partial charge >= 0.3 is 12.2 Å². The first-order chi connectivity index (χ1) is 17.8. The summed E-state index contributed by atoms with van der Waals surface area (Å²) in [7, 11) is 0. The zero-order valence-electron chi connectivity index (χ0n) is 20.9. The molecule has 4 nitrogen and oxygen atoms in total. The van der Waals surface area contributed by atoms with Crippen LogP contribution in [-0.4, -0.2) is 34.0 Å². The summed E-state index contributed by atoms with van der Waals surface area (Å²) < 4.78 is 39.7. The van der Waals surface area contributed by atoms with Gasteiger partial charge in [0.1, 0.15) is 0 Å². The van der Waals surface area contributed by atoms with Crippen LogP contribution >= 0.6 is 0 Å². The molecule has 2 bridgehead atoms. The minimum Gasteiger partial charge on any atom is -0.317 e. The number of carbonyl (C=O) groups excluding carboxylic acids is 1. The average Bonchev–Trinajstić information content (AvgIpc) is 3.05. The van der Waals surface area contributed by atoms with E-state index < -0.39 is 11.7 Å². The van der Waals surface area contributed by atoms with Crippen molar-refractivity contribution in [2.24, 2.45) is 5.92 Å². The lowest BCUT2D eigenvalue weighted by Crippen LogP contribution is -2.52. The third-order valence-corrected chi connectivity index (χ3v) is 7.80. The molecule has 4 atom stereocenters. The number of rotatable bonds is 6. The van der Waals surface area contributed by atoms with Gasteiger partial charge in [0.25, 0.3) is 0 Å². The molecule has 2 aliphatic rings. The average molecular weight is 508 g/mol. The lowest BCUT2D eigenvalue weighted by atomic mass is 9.93. The number of carbonyl (C=O) groups is 1. The first-order valence-electron chi connectivity index (χ1n) is 12.9. The molecule has 2 saturated heterocycles. The van der Waals surface area contributed by atoms with Gasteiger partial charge in [0.05, 0.1) is 5.56 Å². The van der Waals surface area contributed by atoms with Crippen molar-refractivity contribution in [2.45, 2.75) is 63.6 Å². The molecule has 5 rings (SSSR count). The van der Waals surface area contributed by atoms with Crippen molar-refractivity contribution in [1.29, 1.82) is 0 Å². The van der Waals surface area contributed by atoms with E-state index in [1.807, 2.05) is 41.3 Å². The summed E-state index contributed by atoms with van der Waals surface area (Å²) in [6, 6.07) is 25.4. The second kappa shape index (κ2) is 10.6. The number of benzene rings is 3. The number of hydrogen-bond donors (Lipinski definition) is 1. The Morgan fingerprint density at radius 2 is 1.59 bits per heavy atom. The third-order valence-electron chi connectivity index (χ3n) is 7.80. The summed E-state index contributed by atoms with van der Waals surface area (Å²) >= 11 is 0. The van der Waals surface area contributed by atoms with E-state index in [9.17, 15) is 18.0 Å². The van der Waals surface area contributed by atoms with Gasteiger partial charge in [-0.15, -0.1) is 0 Å². The molecule has 3 aromatic rings. The van der Waals surface area contributed by atoms with Gasteiger partial charge in [0.2, 0.25) is 0 Å². The van der Waals surface area contributed by atoms with Crippen LogP contribution in [0.5, 0.6) is 0 Å². The number of anilines is 1. The fourth-order valence-corrected chi connectivity index (χ4v) is 6.02. The monoisotopic (exact) mass is 507 g/mol. The lowest BCUT2D eigenvalue weighted by Gasteiger charge is -2.44. The summed E-state index contributed by atoms with van der Waals surface area (Å²) in [6.07, 6.45) is -1.70. The van der Waals surface area contributed by atoms with Gasteiger partial charge in [-0.2, -0.15) is 13.2 Å². The van der Waals surface area contributed by atoms with Gasteiger partial charge in [0.15, 0.2) is 0 Å². The van der Waals surface area contributed by atoms with Crippen LogP contribution in [0.2, 0.25) is 0 Å². The minimum absolute atomic E-state index is 0.00187. The Balaban J connectivity index is 1.37. The van der Waals surface area contributed by atoms with Crippen molar-refractivity contribution in [3.63, 3.8) is 0 Å². The minimum atomic E-state index is -4.47. The van der Waals surface area contributed by atoms with Crippen LogP contribution in [0.15, 0.2) is 84.9 Å². The largest absolute Gasteiger partial charge is 0.416 e. The van der Waals surface area contributed by atoms with Crippen molar-refractivity contribution in [3.05, 3.63) is 102 Å². The Kier molecular flexibility index (Phi) is 7.24. The Hall–Kier alpha value is -3.32. The van der Waals surface area contributed by atoms with E-state index in [1.165, 1.54) is 17.7 Å².